The largest absolute Gasteiger partial charge is 0.464 e. The number of carbonyl (C=O) groups excluding carboxylic acids is 1. The minimum absolute atomic E-state index is 0.0892. The first-order valence-corrected chi connectivity index (χ1v) is 10.4. The Morgan fingerprint density at radius 2 is 1.97 bits per heavy atom. The maximum absolute atomic E-state index is 13.5. The second-order valence-electron chi connectivity index (χ2n) is 7.88. The molecule has 0 amide bonds. The summed E-state index contributed by atoms with van der Waals surface area (Å²) >= 11 is 5.91. The minimum Gasteiger partial charge on any atom is -0.464 e. The number of pyridine rings is 1. The number of likely N-dealkylation sites (tertiary alicyclic amines) is 1. The quantitative estimate of drug-likeness (QED) is 0.300. The molecule has 31 heavy (non-hydrogen) atoms. The van der Waals surface area contributed by atoms with Crippen molar-refractivity contribution in [2.75, 3.05) is 39.6 Å². The van der Waals surface area contributed by atoms with Gasteiger partial charge in [0.2, 0.25) is 5.96 Å². The van der Waals surface area contributed by atoms with Crippen LogP contribution in [0.2, 0.25) is 5.15 Å². The molecule has 172 valence electrons. The standard InChI is InChI=1S/C21H30ClF2N5O2/c1-13(14(2)25-16-7-8-17(22)27-18(16)19(30)31-6)15(3)26-20(28(4)5)29-11-9-21(23,24)10-12-29/h7-8,13-14,25H,3,9-12H2,1-2,4-6H3. The Morgan fingerprint density at radius 1 is 1.35 bits per heavy atom. The maximum Gasteiger partial charge on any atom is 0.358 e. The van der Waals surface area contributed by atoms with E-state index < -0.39 is 11.9 Å². The van der Waals surface area contributed by atoms with Gasteiger partial charge in [-0.1, -0.05) is 25.1 Å². The van der Waals surface area contributed by atoms with Crippen molar-refractivity contribution in [2.24, 2.45) is 10.9 Å². The van der Waals surface area contributed by atoms with Crippen molar-refractivity contribution in [3.05, 3.63) is 35.3 Å². The van der Waals surface area contributed by atoms with E-state index in [0.29, 0.717) is 17.3 Å². The number of hydrogen-bond donors (Lipinski definition) is 1. The van der Waals surface area contributed by atoms with Gasteiger partial charge in [0, 0.05) is 57.7 Å². The second-order valence-corrected chi connectivity index (χ2v) is 8.27. The number of anilines is 1. The van der Waals surface area contributed by atoms with E-state index in [1.54, 1.807) is 17.0 Å². The average Bonchev–Trinajstić information content (AvgIpc) is 2.72. The molecule has 2 heterocycles. The fourth-order valence-electron chi connectivity index (χ4n) is 3.18. The first kappa shape index (κ1) is 24.8. The Kier molecular flexibility index (Phi) is 8.22. The van der Waals surface area contributed by atoms with Gasteiger partial charge >= 0.3 is 5.97 Å². The van der Waals surface area contributed by atoms with Crippen LogP contribution in [0.25, 0.3) is 0 Å². The Balaban J connectivity index is 2.15. The van der Waals surface area contributed by atoms with Crippen molar-refractivity contribution in [1.29, 1.82) is 0 Å². The van der Waals surface area contributed by atoms with E-state index in [9.17, 15) is 13.6 Å². The Hall–Kier alpha value is -2.42. The van der Waals surface area contributed by atoms with Crippen molar-refractivity contribution < 1.29 is 18.3 Å². The van der Waals surface area contributed by atoms with Gasteiger partial charge in [-0.3, -0.25) is 0 Å². The highest BCUT2D eigenvalue weighted by molar-refractivity contribution is 6.29. The van der Waals surface area contributed by atoms with Gasteiger partial charge in [0.05, 0.1) is 12.8 Å². The molecule has 1 aromatic heterocycles. The van der Waals surface area contributed by atoms with Crippen LogP contribution in [0.3, 0.4) is 0 Å². The number of nitrogens with zero attached hydrogens (tertiary/aromatic N) is 4. The van der Waals surface area contributed by atoms with Crippen molar-refractivity contribution in [2.45, 2.75) is 38.7 Å². The monoisotopic (exact) mass is 457 g/mol. The highest BCUT2D eigenvalue weighted by Crippen LogP contribution is 2.29. The highest BCUT2D eigenvalue weighted by Gasteiger charge is 2.35. The molecule has 1 aliphatic rings. The molecule has 0 radical (unpaired) electrons. The number of esters is 1. The molecule has 1 fully saturated rings. The molecule has 2 unspecified atom stereocenters. The summed E-state index contributed by atoms with van der Waals surface area (Å²) < 4.78 is 31.8. The summed E-state index contributed by atoms with van der Waals surface area (Å²) in [5.41, 5.74) is 1.16. The van der Waals surface area contributed by atoms with E-state index >= 15 is 0 Å². The Bertz CT molecular complexity index is 837. The second kappa shape index (κ2) is 10.3. The third kappa shape index (κ3) is 6.53. The summed E-state index contributed by atoms with van der Waals surface area (Å²) in [4.78, 5) is 24.4. The molecule has 1 aromatic rings. The van der Waals surface area contributed by atoms with Crippen LogP contribution < -0.4 is 5.32 Å². The number of hydrogen-bond acceptors (Lipinski definition) is 5. The predicted molar refractivity (Wildman–Crippen MR) is 119 cm³/mol. The van der Waals surface area contributed by atoms with Crippen LogP contribution in [0.4, 0.5) is 14.5 Å². The smallest absolute Gasteiger partial charge is 0.358 e. The van der Waals surface area contributed by atoms with E-state index in [0.717, 1.165) is 0 Å². The van der Waals surface area contributed by atoms with Crippen molar-refractivity contribution in [3.8, 4) is 0 Å². The van der Waals surface area contributed by atoms with Crippen LogP contribution in [-0.2, 0) is 4.74 Å². The SMILES string of the molecule is C=C(N=C(N(C)C)N1CCC(F)(F)CC1)C(C)C(C)Nc1ccc(Cl)nc1C(=O)OC. The number of rotatable bonds is 6. The normalized spacial score (nSPS) is 18.2. The molecule has 0 saturated carbocycles. The van der Waals surface area contributed by atoms with Crippen LogP contribution in [0, 0.1) is 5.92 Å². The van der Waals surface area contributed by atoms with Gasteiger partial charge in [0.25, 0.3) is 5.92 Å². The fourth-order valence-corrected chi connectivity index (χ4v) is 3.33. The zero-order valence-corrected chi connectivity index (χ0v) is 19.3. The number of piperidine rings is 1. The molecule has 10 heteroatoms. The Labute approximate surface area is 187 Å². The topological polar surface area (TPSA) is 70.1 Å². The zero-order chi connectivity index (χ0) is 23.3. The molecule has 1 aliphatic heterocycles. The molecule has 0 spiro atoms. The molecule has 2 atom stereocenters. The van der Waals surface area contributed by atoms with Gasteiger partial charge in [-0.2, -0.15) is 0 Å². The highest BCUT2D eigenvalue weighted by atomic mass is 35.5. The first-order valence-electron chi connectivity index (χ1n) is 10.0. The summed E-state index contributed by atoms with van der Waals surface area (Å²) in [6.07, 6.45) is -0.389. The summed E-state index contributed by atoms with van der Waals surface area (Å²) in [6.45, 7) is 8.44. The van der Waals surface area contributed by atoms with Crippen LogP contribution in [0.5, 0.6) is 0 Å². The first-order chi connectivity index (χ1) is 14.4. The number of alkyl halides is 2. The lowest BCUT2D eigenvalue weighted by Gasteiger charge is -2.36. The van der Waals surface area contributed by atoms with Crippen LogP contribution in [0.15, 0.2) is 29.4 Å². The van der Waals surface area contributed by atoms with Crippen molar-refractivity contribution in [1.82, 2.24) is 14.8 Å². The number of ether oxygens (including phenoxy) is 1. The third-order valence-electron chi connectivity index (χ3n) is 5.32. The number of methoxy groups -OCH3 is 1. The van der Waals surface area contributed by atoms with Crippen LogP contribution in [0.1, 0.15) is 37.2 Å². The molecule has 7 nitrogen and oxygen atoms in total. The summed E-state index contributed by atoms with van der Waals surface area (Å²) in [5.74, 6) is -2.76. The van der Waals surface area contributed by atoms with Crippen LogP contribution in [-0.4, -0.2) is 73.0 Å². The van der Waals surface area contributed by atoms with E-state index in [2.05, 4.69) is 21.9 Å². The number of halogens is 3. The summed E-state index contributed by atoms with van der Waals surface area (Å²) in [6, 6.07) is 3.07. The molecular formula is C21H30ClF2N5O2. The number of guanidine groups is 1. The molecule has 2 rings (SSSR count). The van der Waals surface area contributed by atoms with E-state index in [1.165, 1.54) is 7.11 Å². The lowest BCUT2D eigenvalue weighted by molar-refractivity contribution is -0.0447. The zero-order valence-electron chi connectivity index (χ0n) is 18.6. The maximum atomic E-state index is 13.5. The average molecular weight is 458 g/mol. The van der Waals surface area contributed by atoms with Gasteiger partial charge in [0.15, 0.2) is 5.69 Å². The minimum atomic E-state index is -2.62. The number of carbonyl (C=O) groups is 1. The number of nitrogens with one attached hydrogen (secondary N) is 1. The van der Waals surface area contributed by atoms with E-state index in [4.69, 9.17) is 16.3 Å². The lowest BCUT2D eigenvalue weighted by Crippen LogP contribution is -2.47. The van der Waals surface area contributed by atoms with Gasteiger partial charge in [-0.15, -0.1) is 0 Å². The van der Waals surface area contributed by atoms with E-state index in [1.807, 2.05) is 32.8 Å². The lowest BCUT2D eigenvalue weighted by atomic mass is 10.00. The molecule has 0 bridgehead atoms. The summed E-state index contributed by atoms with van der Waals surface area (Å²) in [7, 11) is 4.93. The third-order valence-corrected chi connectivity index (χ3v) is 5.53. The van der Waals surface area contributed by atoms with Gasteiger partial charge in [-0.25, -0.2) is 23.6 Å². The van der Waals surface area contributed by atoms with Gasteiger partial charge in [0.1, 0.15) is 5.15 Å². The van der Waals surface area contributed by atoms with E-state index in [-0.39, 0.29) is 48.7 Å². The molecule has 0 aliphatic carbocycles. The summed E-state index contributed by atoms with van der Waals surface area (Å²) in [5, 5.41) is 3.43. The molecule has 0 aromatic carbocycles. The molecule has 1 saturated heterocycles. The van der Waals surface area contributed by atoms with Crippen LogP contribution >= 0.6 is 11.6 Å². The van der Waals surface area contributed by atoms with Gasteiger partial charge < -0.3 is 19.9 Å². The van der Waals surface area contributed by atoms with Crippen molar-refractivity contribution >= 4 is 29.2 Å². The fraction of sp³-hybridized carbons (Fsp3) is 0.571. The molecule has 1 N–H and O–H groups in total. The number of aliphatic imine (C=N–C) groups is 1. The predicted octanol–water partition coefficient (Wildman–Crippen LogP) is 4.12. The Morgan fingerprint density at radius 3 is 2.52 bits per heavy atom. The number of aromatic nitrogens is 1. The van der Waals surface area contributed by atoms with Crippen molar-refractivity contribution in [3.63, 3.8) is 0 Å². The van der Waals surface area contributed by atoms with Gasteiger partial charge in [-0.05, 0) is 19.1 Å². The molecular weight excluding hydrogens is 428 g/mol.